The van der Waals surface area contributed by atoms with Crippen LogP contribution >= 0.6 is 11.3 Å². The minimum Gasteiger partial charge on any atom is -0.393 e. The number of aromatic nitrogens is 1. The lowest BCUT2D eigenvalue weighted by molar-refractivity contribution is 0.0664. The standard InChI is InChI=1S/C16H20N2O2S/c19-14-6-2-1-5-12(14)11-17-16(20)15-13(7-10-21-15)18-8-3-4-9-18/h3-4,7-10,12,14,19H,1-2,5-6,11H2,(H,17,20). The van der Waals surface area contributed by atoms with Gasteiger partial charge in [-0.1, -0.05) is 12.8 Å². The van der Waals surface area contributed by atoms with Gasteiger partial charge in [0, 0.05) is 24.9 Å². The van der Waals surface area contributed by atoms with E-state index >= 15 is 0 Å². The van der Waals surface area contributed by atoms with E-state index in [1.165, 1.54) is 11.3 Å². The third-order valence-corrected chi connectivity index (χ3v) is 5.03. The Balaban J connectivity index is 1.65. The molecule has 0 bridgehead atoms. The number of thiophene rings is 1. The molecule has 5 heteroatoms. The Hall–Kier alpha value is -1.59. The third-order valence-electron chi connectivity index (χ3n) is 4.13. The fraction of sp³-hybridized carbons (Fsp3) is 0.438. The van der Waals surface area contributed by atoms with Gasteiger partial charge in [-0.2, -0.15) is 0 Å². The summed E-state index contributed by atoms with van der Waals surface area (Å²) in [4.78, 5) is 13.1. The van der Waals surface area contributed by atoms with Gasteiger partial charge in [-0.05, 0) is 36.4 Å². The van der Waals surface area contributed by atoms with Crippen LogP contribution in [0.2, 0.25) is 0 Å². The molecule has 4 nitrogen and oxygen atoms in total. The van der Waals surface area contributed by atoms with Crippen molar-refractivity contribution in [3.05, 3.63) is 40.8 Å². The van der Waals surface area contributed by atoms with Crippen LogP contribution in [0.5, 0.6) is 0 Å². The van der Waals surface area contributed by atoms with E-state index in [-0.39, 0.29) is 17.9 Å². The molecule has 2 unspecified atom stereocenters. The van der Waals surface area contributed by atoms with Crippen molar-refractivity contribution in [3.63, 3.8) is 0 Å². The molecule has 2 N–H and O–H groups in total. The Kier molecular flexibility index (Phi) is 4.41. The van der Waals surface area contributed by atoms with E-state index in [4.69, 9.17) is 0 Å². The first-order chi connectivity index (χ1) is 10.3. The number of hydrogen-bond acceptors (Lipinski definition) is 3. The quantitative estimate of drug-likeness (QED) is 0.912. The summed E-state index contributed by atoms with van der Waals surface area (Å²) in [6.45, 7) is 0.559. The summed E-state index contributed by atoms with van der Waals surface area (Å²) in [6, 6.07) is 5.84. The fourth-order valence-corrected chi connectivity index (χ4v) is 3.71. The van der Waals surface area contributed by atoms with Gasteiger partial charge >= 0.3 is 0 Å². The lowest BCUT2D eigenvalue weighted by Crippen LogP contribution is -2.36. The highest BCUT2D eigenvalue weighted by atomic mass is 32.1. The third kappa shape index (κ3) is 3.19. The summed E-state index contributed by atoms with van der Waals surface area (Å²) in [6.07, 6.45) is 7.68. The van der Waals surface area contributed by atoms with Gasteiger partial charge in [0.1, 0.15) is 4.88 Å². The number of hydrogen-bond donors (Lipinski definition) is 2. The van der Waals surface area contributed by atoms with Crippen LogP contribution in [0.3, 0.4) is 0 Å². The maximum Gasteiger partial charge on any atom is 0.263 e. The van der Waals surface area contributed by atoms with Crippen LogP contribution in [0.4, 0.5) is 0 Å². The van der Waals surface area contributed by atoms with Crippen LogP contribution in [-0.2, 0) is 0 Å². The first-order valence-electron chi connectivity index (χ1n) is 7.43. The number of nitrogens with one attached hydrogen (secondary N) is 1. The maximum absolute atomic E-state index is 12.4. The minimum absolute atomic E-state index is 0.0496. The Morgan fingerprint density at radius 2 is 2.10 bits per heavy atom. The second-order valence-electron chi connectivity index (χ2n) is 5.55. The zero-order chi connectivity index (χ0) is 14.7. The molecule has 0 saturated heterocycles. The molecular formula is C16H20N2O2S. The highest BCUT2D eigenvalue weighted by Crippen LogP contribution is 2.25. The van der Waals surface area contributed by atoms with E-state index in [2.05, 4.69) is 5.32 Å². The lowest BCUT2D eigenvalue weighted by Gasteiger charge is -2.27. The molecular weight excluding hydrogens is 284 g/mol. The molecule has 0 aromatic carbocycles. The van der Waals surface area contributed by atoms with Crippen molar-refractivity contribution >= 4 is 17.2 Å². The molecule has 0 radical (unpaired) electrons. The highest BCUT2D eigenvalue weighted by molar-refractivity contribution is 7.12. The van der Waals surface area contributed by atoms with Crippen LogP contribution < -0.4 is 5.32 Å². The second kappa shape index (κ2) is 6.45. The monoisotopic (exact) mass is 304 g/mol. The topological polar surface area (TPSA) is 54.3 Å². The van der Waals surface area contributed by atoms with Crippen LogP contribution in [-0.4, -0.2) is 28.2 Å². The Morgan fingerprint density at radius 3 is 2.86 bits per heavy atom. The molecule has 1 aliphatic carbocycles. The summed E-state index contributed by atoms with van der Waals surface area (Å²) < 4.78 is 1.95. The summed E-state index contributed by atoms with van der Waals surface area (Å²) in [5, 5.41) is 14.9. The van der Waals surface area contributed by atoms with Crippen LogP contribution in [0, 0.1) is 5.92 Å². The number of aliphatic hydroxyl groups is 1. The summed E-state index contributed by atoms with van der Waals surface area (Å²) in [5.74, 6) is 0.143. The maximum atomic E-state index is 12.4. The van der Waals surface area contributed by atoms with Gasteiger partial charge < -0.3 is 15.0 Å². The van der Waals surface area contributed by atoms with Crippen molar-refractivity contribution in [1.82, 2.24) is 9.88 Å². The molecule has 0 spiro atoms. The van der Waals surface area contributed by atoms with Crippen molar-refractivity contribution in [2.24, 2.45) is 5.92 Å². The molecule has 1 amide bonds. The average molecular weight is 304 g/mol. The molecule has 2 aromatic rings. The van der Waals surface area contributed by atoms with Gasteiger partial charge in [0.2, 0.25) is 0 Å². The van der Waals surface area contributed by atoms with Crippen molar-refractivity contribution < 1.29 is 9.90 Å². The predicted octanol–water partition coefficient (Wildman–Crippen LogP) is 2.82. The van der Waals surface area contributed by atoms with E-state index < -0.39 is 0 Å². The average Bonchev–Trinajstić information content (AvgIpc) is 3.16. The first-order valence-corrected chi connectivity index (χ1v) is 8.31. The Labute approximate surface area is 128 Å². The lowest BCUT2D eigenvalue weighted by atomic mass is 9.86. The minimum atomic E-state index is -0.272. The fourth-order valence-electron chi connectivity index (χ4n) is 2.90. The van der Waals surface area contributed by atoms with Crippen molar-refractivity contribution in [2.45, 2.75) is 31.8 Å². The SMILES string of the molecule is O=C(NCC1CCCCC1O)c1sccc1-n1cccc1. The smallest absolute Gasteiger partial charge is 0.263 e. The molecule has 2 aromatic heterocycles. The van der Waals surface area contributed by atoms with E-state index in [0.717, 1.165) is 36.2 Å². The summed E-state index contributed by atoms with van der Waals surface area (Å²) in [5.41, 5.74) is 0.909. The van der Waals surface area contributed by atoms with Gasteiger partial charge in [0.05, 0.1) is 11.8 Å². The van der Waals surface area contributed by atoms with E-state index in [1.54, 1.807) is 0 Å². The largest absolute Gasteiger partial charge is 0.393 e. The van der Waals surface area contributed by atoms with Gasteiger partial charge in [-0.3, -0.25) is 4.79 Å². The first kappa shape index (κ1) is 14.4. The summed E-state index contributed by atoms with van der Waals surface area (Å²) >= 11 is 1.45. The van der Waals surface area contributed by atoms with Gasteiger partial charge in [-0.25, -0.2) is 0 Å². The van der Waals surface area contributed by atoms with Crippen LogP contribution in [0.1, 0.15) is 35.4 Å². The molecule has 2 heterocycles. The van der Waals surface area contributed by atoms with Crippen LogP contribution in [0.15, 0.2) is 36.0 Å². The van der Waals surface area contributed by atoms with E-state index in [9.17, 15) is 9.90 Å². The molecule has 112 valence electrons. The van der Waals surface area contributed by atoms with Crippen LogP contribution in [0.25, 0.3) is 5.69 Å². The van der Waals surface area contributed by atoms with Gasteiger partial charge in [-0.15, -0.1) is 11.3 Å². The van der Waals surface area contributed by atoms with Gasteiger partial charge in [0.25, 0.3) is 5.91 Å². The Morgan fingerprint density at radius 1 is 1.33 bits per heavy atom. The Bertz CT molecular complexity index is 591. The number of amides is 1. The molecule has 0 aliphatic heterocycles. The van der Waals surface area contributed by atoms with Gasteiger partial charge in [0.15, 0.2) is 0 Å². The number of rotatable bonds is 4. The molecule has 21 heavy (non-hydrogen) atoms. The van der Waals surface area contributed by atoms with E-state index in [0.29, 0.717) is 6.54 Å². The normalized spacial score (nSPS) is 22.1. The number of carbonyl (C=O) groups is 1. The predicted molar refractivity (Wildman–Crippen MR) is 83.9 cm³/mol. The van der Waals surface area contributed by atoms with E-state index in [1.807, 2.05) is 40.5 Å². The molecule has 1 fully saturated rings. The zero-order valence-corrected chi connectivity index (χ0v) is 12.7. The second-order valence-corrected chi connectivity index (χ2v) is 6.46. The molecule has 2 atom stereocenters. The highest BCUT2D eigenvalue weighted by Gasteiger charge is 2.24. The van der Waals surface area contributed by atoms with Crippen molar-refractivity contribution in [3.8, 4) is 5.69 Å². The number of nitrogens with zero attached hydrogens (tertiary/aromatic N) is 1. The number of carbonyl (C=O) groups excluding carboxylic acids is 1. The molecule has 1 aliphatic rings. The molecule has 1 saturated carbocycles. The zero-order valence-electron chi connectivity index (χ0n) is 11.9. The van der Waals surface area contributed by atoms with Crippen molar-refractivity contribution in [1.29, 1.82) is 0 Å². The summed E-state index contributed by atoms with van der Waals surface area (Å²) in [7, 11) is 0. The number of aliphatic hydroxyl groups excluding tert-OH is 1. The molecule has 3 rings (SSSR count). The van der Waals surface area contributed by atoms with Crippen molar-refractivity contribution in [2.75, 3.05) is 6.54 Å².